The summed E-state index contributed by atoms with van der Waals surface area (Å²) in [6.45, 7) is 4.83. The highest BCUT2D eigenvalue weighted by molar-refractivity contribution is 6.03. The third-order valence-corrected chi connectivity index (χ3v) is 6.34. The van der Waals surface area contributed by atoms with Crippen molar-refractivity contribution in [2.45, 2.75) is 18.8 Å². The highest BCUT2D eigenvalue weighted by Gasteiger charge is 2.28. The zero-order chi connectivity index (χ0) is 23.7. The van der Waals surface area contributed by atoms with E-state index in [9.17, 15) is 9.18 Å². The molecule has 3 heterocycles. The summed E-state index contributed by atoms with van der Waals surface area (Å²) in [6.07, 6.45) is 10.2. The largest absolute Gasteiger partial charge is 0.476 e. The van der Waals surface area contributed by atoms with Crippen LogP contribution in [-0.4, -0.2) is 52.5 Å². The third-order valence-electron chi connectivity index (χ3n) is 6.34. The van der Waals surface area contributed by atoms with E-state index in [2.05, 4.69) is 46.3 Å². The van der Waals surface area contributed by atoms with Gasteiger partial charge in [-0.05, 0) is 54.2 Å². The zero-order valence-electron chi connectivity index (χ0n) is 19.2. The molecule has 1 saturated heterocycles. The molecule has 3 aromatic rings. The molecule has 0 bridgehead atoms. The Labute approximate surface area is 198 Å². The maximum Gasteiger partial charge on any atom is 0.256 e. The van der Waals surface area contributed by atoms with Crippen LogP contribution in [0.25, 0.3) is 12.2 Å². The van der Waals surface area contributed by atoms with E-state index in [0.29, 0.717) is 29.8 Å². The number of fused-ring (bicyclic) bond motifs is 1. The Morgan fingerprint density at radius 3 is 2.79 bits per heavy atom. The van der Waals surface area contributed by atoms with Gasteiger partial charge >= 0.3 is 0 Å². The summed E-state index contributed by atoms with van der Waals surface area (Å²) in [4.78, 5) is 28.2. The number of hydrogen-bond acceptors (Lipinski definition) is 6. The van der Waals surface area contributed by atoms with Crippen LogP contribution in [-0.2, 0) is 5.41 Å². The predicted molar refractivity (Wildman–Crippen MR) is 129 cm³/mol. The molecule has 1 atom stereocenters. The Hall–Kier alpha value is -3.65. The molecule has 1 unspecified atom stereocenters. The number of anilines is 1. The van der Waals surface area contributed by atoms with E-state index >= 15 is 0 Å². The zero-order valence-corrected chi connectivity index (χ0v) is 19.2. The van der Waals surface area contributed by atoms with Gasteiger partial charge in [-0.2, -0.15) is 0 Å². The maximum absolute atomic E-state index is 13.1. The van der Waals surface area contributed by atoms with Crippen LogP contribution in [0, 0.1) is 11.7 Å². The van der Waals surface area contributed by atoms with E-state index in [1.165, 1.54) is 24.3 Å². The lowest BCUT2D eigenvalue weighted by molar-refractivity contribution is 0.0835. The molecule has 1 fully saturated rings. The molecule has 8 heteroatoms. The number of pyridine rings is 1. The van der Waals surface area contributed by atoms with Crippen molar-refractivity contribution in [2.24, 2.45) is 5.92 Å². The van der Waals surface area contributed by atoms with Crippen molar-refractivity contribution in [2.75, 3.05) is 32.1 Å². The standard InChI is InChI=1S/C26H26FN5O2.H2/c1-26(22-12-28-13-24(30-22)34-16-17-14-32(2)15-17)8-7-19-11-29-23(9-20(19)10-26)31-25(33)18-3-5-21(27)6-4-18;/h3-7,9-13,17H,8,14-16H2,1-2H3,(H,31,33);1H. The number of benzene rings is 1. The van der Waals surface area contributed by atoms with Crippen molar-refractivity contribution in [1.82, 2.24) is 19.9 Å². The van der Waals surface area contributed by atoms with Crippen LogP contribution in [0.15, 0.2) is 48.9 Å². The quantitative estimate of drug-likeness (QED) is 0.607. The summed E-state index contributed by atoms with van der Waals surface area (Å²) in [6, 6.07) is 7.24. The molecule has 0 radical (unpaired) electrons. The fourth-order valence-electron chi connectivity index (χ4n) is 4.37. The Morgan fingerprint density at radius 1 is 1.24 bits per heavy atom. The van der Waals surface area contributed by atoms with E-state index in [1.807, 2.05) is 6.07 Å². The van der Waals surface area contributed by atoms with E-state index in [1.54, 1.807) is 18.6 Å². The minimum absolute atomic E-state index is 0. The number of carbonyl (C=O) groups excluding carboxylic acids is 1. The van der Waals surface area contributed by atoms with Crippen LogP contribution >= 0.6 is 0 Å². The molecule has 1 aromatic carbocycles. The molecule has 0 saturated carbocycles. The van der Waals surface area contributed by atoms with Crippen molar-refractivity contribution in [1.29, 1.82) is 0 Å². The highest BCUT2D eigenvalue weighted by atomic mass is 19.1. The minimum Gasteiger partial charge on any atom is -0.476 e. The van der Waals surface area contributed by atoms with Crippen molar-refractivity contribution < 1.29 is 15.3 Å². The van der Waals surface area contributed by atoms with Crippen molar-refractivity contribution in [3.05, 3.63) is 76.4 Å². The molecule has 2 aromatic heterocycles. The van der Waals surface area contributed by atoms with Gasteiger partial charge in [-0.15, -0.1) is 0 Å². The smallest absolute Gasteiger partial charge is 0.256 e. The Morgan fingerprint density at radius 2 is 2.03 bits per heavy atom. The highest BCUT2D eigenvalue weighted by Crippen LogP contribution is 2.30. The molecule has 34 heavy (non-hydrogen) atoms. The number of carbonyl (C=O) groups is 1. The van der Waals surface area contributed by atoms with Crippen LogP contribution in [0.4, 0.5) is 10.2 Å². The number of rotatable bonds is 6. The van der Waals surface area contributed by atoms with Crippen LogP contribution in [0.3, 0.4) is 0 Å². The molecule has 2 aliphatic rings. The molecule has 5 rings (SSSR count). The van der Waals surface area contributed by atoms with E-state index < -0.39 is 0 Å². The van der Waals surface area contributed by atoms with Gasteiger partial charge in [-0.25, -0.2) is 14.4 Å². The van der Waals surface area contributed by atoms with Gasteiger partial charge in [-0.3, -0.25) is 9.78 Å². The summed E-state index contributed by atoms with van der Waals surface area (Å²) >= 11 is 0. The monoisotopic (exact) mass is 461 g/mol. The second-order valence-electron chi connectivity index (χ2n) is 9.27. The first-order chi connectivity index (χ1) is 16.4. The summed E-state index contributed by atoms with van der Waals surface area (Å²) in [5.74, 6) is 0.762. The number of likely N-dealkylation sites (tertiary alicyclic amines) is 1. The normalized spacial score (nSPS) is 19.9. The molecule has 1 aliphatic heterocycles. The van der Waals surface area contributed by atoms with Gasteiger partial charge in [0.15, 0.2) is 0 Å². The molecule has 0 spiro atoms. The van der Waals surface area contributed by atoms with Gasteiger partial charge < -0.3 is 15.0 Å². The number of nitrogens with one attached hydrogen (secondary N) is 1. The number of amides is 1. The second-order valence-corrected chi connectivity index (χ2v) is 9.27. The number of nitrogens with zero attached hydrogens (tertiary/aromatic N) is 4. The van der Waals surface area contributed by atoms with Crippen LogP contribution in [0.1, 0.15) is 30.8 Å². The lowest BCUT2D eigenvalue weighted by atomic mass is 9.80. The minimum atomic E-state index is -0.388. The van der Waals surface area contributed by atoms with Gasteiger partial charge in [-0.1, -0.05) is 19.1 Å². The number of halogens is 1. The summed E-state index contributed by atoms with van der Waals surface area (Å²) in [5, 5.41) is 4.73. The Bertz CT molecular complexity index is 1340. The lowest BCUT2D eigenvalue weighted by Crippen LogP contribution is -2.46. The molecular weight excluding hydrogens is 433 g/mol. The molecule has 1 aliphatic carbocycles. The van der Waals surface area contributed by atoms with Crippen molar-refractivity contribution in [3.63, 3.8) is 0 Å². The Kier molecular flexibility index (Phi) is 5.83. The predicted octanol–water partition coefficient (Wildman–Crippen LogP) is 2.37. The van der Waals surface area contributed by atoms with Gasteiger partial charge in [0.25, 0.3) is 5.91 Å². The maximum atomic E-state index is 13.1. The molecule has 176 valence electrons. The first-order valence-electron chi connectivity index (χ1n) is 11.3. The van der Waals surface area contributed by atoms with Crippen molar-refractivity contribution >= 4 is 23.9 Å². The first kappa shape index (κ1) is 22.2. The van der Waals surface area contributed by atoms with Crippen LogP contribution in [0.2, 0.25) is 0 Å². The fourth-order valence-corrected chi connectivity index (χ4v) is 4.37. The number of ether oxygens (including phenoxy) is 1. The fraction of sp³-hybridized carbons (Fsp3) is 0.308. The molecule has 7 nitrogen and oxygen atoms in total. The SMILES string of the molecule is CN1CC(COc2cncc(C3(C)C=c4cc(NC(=O)c5ccc(F)cc5)ncc4=CC3)n2)C1.[HH]. The van der Waals surface area contributed by atoms with Gasteiger partial charge in [0.2, 0.25) is 5.88 Å². The summed E-state index contributed by atoms with van der Waals surface area (Å²) < 4.78 is 19.1. The number of hydrogen-bond donors (Lipinski definition) is 1. The summed E-state index contributed by atoms with van der Waals surface area (Å²) in [5.41, 5.74) is 0.809. The Balaban J connectivity index is 0.00000289. The topological polar surface area (TPSA) is 80.2 Å². The van der Waals surface area contributed by atoms with Crippen molar-refractivity contribution in [3.8, 4) is 5.88 Å². The van der Waals surface area contributed by atoms with Crippen LogP contribution < -0.4 is 20.5 Å². The lowest BCUT2D eigenvalue weighted by Gasteiger charge is -2.35. The summed E-state index contributed by atoms with van der Waals surface area (Å²) in [7, 11) is 2.10. The van der Waals surface area contributed by atoms with Gasteiger partial charge in [0.05, 0.1) is 18.5 Å². The second kappa shape index (κ2) is 8.95. The van der Waals surface area contributed by atoms with E-state index in [-0.39, 0.29) is 18.6 Å². The number of aromatic nitrogens is 3. The van der Waals surface area contributed by atoms with E-state index in [4.69, 9.17) is 9.72 Å². The molecule has 1 N–H and O–H groups in total. The van der Waals surface area contributed by atoms with Crippen LogP contribution in [0.5, 0.6) is 5.88 Å². The van der Waals surface area contributed by atoms with Gasteiger partial charge in [0, 0.05) is 43.8 Å². The molecule has 1 amide bonds. The molecular formula is C26H28FN5O2. The first-order valence-corrected chi connectivity index (χ1v) is 11.3. The van der Waals surface area contributed by atoms with E-state index in [0.717, 1.165) is 35.6 Å². The average Bonchev–Trinajstić information content (AvgIpc) is 2.81. The van der Waals surface area contributed by atoms with Gasteiger partial charge in [0.1, 0.15) is 11.6 Å². The third kappa shape index (κ3) is 4.68. The average molecular weight is 462 g/mol.